The second-order valence-electron chi connectivity index (χ2n) is 2.89. The zero-order valence-electron chi connectivity index (χ0n) is 6.63. The molecule has 11 heavy (non-hydrogen) atoms. The number of hydrogen-bond donors (Lipinski definition) is 2. The van der Waals surface area contributed by atoms with Crippen LogP contribution in [0, 0.1) is 0 Å². The standard InChI is InChI=1S/C6H14N2O2S/c1-2-8-11(9,10)6(5-7)3-4-6/h8H,2-5,7H2,1H3. The summed E-state index contributed by atoms with van der Waals surface area (Å²) in [6.45, 7) is 2.45. The van der Waals surface area contributed by atoms with Crippen LogP contribution in [0.5, 0.6) is 0 Å². The van der Waals surface area contributed by atoms with Crippen molar-refractivity contribution in [2.75, 3.05) is 13.1 Å². The monoisotopic (exact) mass is 178 g/mol. The molecule has 1 fully saturated rings. The molecular formula is C6H14N2O2S. The van der Waals surface area contributed by atoms with E-state index < -0.39 is 14.8 Å². The summed E-state index contributed by atoms with van der Waals surface area (Å²) in [5.74, 6) is 0. The largest absolute Gasteiger partial charge is 0.329 e. The Balaban J connectivity index is 2.73. The molecule has 0 atom stereocenters. The third kappa shape index (κ3) is 1.40. The second-order valence-corrected chi connectivity index (χ2v) is 5.05. The minimum absolute atomic E-state index is 0.238. The van der Waals surface area contributed by atoms with Gasteiger partial charge in [0.25, 0.3) is 0 Å². The molecule has 0 radical (unpaired) electrons. The molecule has 0 aromatic rings. The second kappa shape index (κ2) is 2.73. The highest BCUT2D eigenvalue weighted by molar-refractivity contribution is 7.91. The summed E-state index contributed by atoms with van der Waals surface area (Å²) in [5.41, 5.74) is 5.37. The predicted molar refractivity (Wildman–Crippen MR) is 43.6 cm³/mol. The Labute approximate surface area is 67.2 Å². The number of nitrogens with two attached hydrogens (primary N) is 1. The summed E-state index contributed by atoms with van der Waals surface area (Å²) in [4.78, 5) is 0. The molecule has 0 bridgehead atoms. The van der Waals surface area contributed by atoms with E-state index in [9.17, 15) is 8.42 Å². The van der Waals surface area contributed by atoms with Crippen LogP contribution < -0.4 is 10.5 Å². The van der Waals surface area contributed by atoms with Crippen LogP contribution in [-0.2, 0) is 10.0 Å². The summed E-state index contributed by atoms with van der Waals surface area (Å²) in [5, 5.41) is 0. The van der Waals surface area contributed by atoms with Gasteiger partial charge in [-0.1, -0.05) is 6.92 Å². The quantitative estimate of drug-likeness (QED) is 0.605. The van der Waals surface area contributed by atoms with Crippen molar-refractivity contribution in [1.29, 1.82) is 0 Å². The smallest absolute Gasteiger partial charge is 0.218 e. The lowest BCUT2D eigenvalue weighted by Crippen LogP contribution is -2.40. The highest BCUT2D eigenvalue weighted by Crippen LogP contribution is 2.41. The van der Waals surface area contributed by atoms with E-state index in [2.05, 4.69) is 4.72 Å². The molecule has 0 unspecified atom stereocenters. The number of sulfonamides is 1. The number of hydrogen-bond acceptors (Lipinski definition) is 3. The molecule has 1 aliphatic carbocycles. The lowest BCUT2D eigenvalue weighted by Gasteiger charge is -2.12. The van der Waals surface area contributed by atoms with Gasteiger partial charge in [0.2, 0.25) is 10.0 Å². The average molecular weight is 178 g/mol. The van der Waals surface area contributed by atoms with E-state index in [0.717, 1.165) is 0 Å². The summed E-state index contributed by atoms with van der Waals surface area (Å²) < 4.78 is 24.6. The first-order valence-electron chi connectivity index (χ1n) is 3.77. The van der Waals surface area contributed by atoms with Gasteiger partial charge in [-0.3, -0.25) is 0 Å². The SMILES string of the molecule is CCNS(=O)(=O)C1(CN)CC1. The topological polar surface area (TPSA) is 72.2 Å². The summed E-state index contributed by atoms with van der Waals surface area (Å²) in [6.07, 6.45) is 1.41. The summed E-state index contributed by atoms with van der Waals surface area (Å²) >= 11 is 0. The van der Waals surface area contributed by atoms with Gasteiger partial charge >= 0.3 is 0 Å². The molecule has 0 heterocycles. The van der Waals surface area contributed by atoms with Gasteiger partial charge in [0.1, 0.15) is 0 Å². The maximum atomic E-state index is 11.4. The van der Waals surface area contributed by atoms with Gasteiger partial charge in [-0.25, -0.2) is 13.1 Å². The molecule has 66 valence electrons. The van der Waals surface area contributed by atoms with Crippen molar-refractivity contribution in [2.45, 2.75) is 24.5 Å². The maximum absolute atomic E-state index is 11.4. The van der Waals surface area contributed by atoms with Crippen LogP contribution in [0.1, 0.15) is 19.8 Å². The minimum atomic E-state index is -3.12. The Hall–Kier alpha value is -0.130. The Bertz CT molecular complexity index is 231. The zero-order valence-corrected chi connectivity index (χ0v) is 7.45. The Morgan fingerprint density at radius 2 is 2.09 bits per heavy atom. The molecule has 0 aromatic carbocycles. The number of rotatable bonds is 4. The average Bonchev–Trinajstić information content (AvgIpc) is 2.66. The van der Waals surface area contributed by atoms with Crippen LogP contribution in [0.2, 0.25) is 0 Å². The molecule has 3 N–H and O–H groups in total. The van der Waals surface area contributed by atoms with Crippen molar-refractivity contribution in [1.82, 2.24) is 4.72 Å². The van der Waals surface area contributed by atoms with Crippen molar-refractivity contribution < 1.29 is 8.42 Å². The van der Waals surface area contributed by atoms with Crippen LogP contribution in [0.25, 0.3) is 0 Å². The van der Waals surface area contributed by atoms with Crippen LogP contribution in [0.15, 0.2) is 0 Å². The van der Waals surface area contributed by atoms with E-state index in [1.54, 1.807) is 6.92 Å². The molecule has 0 aromatic heterocycles. The van der Waals surface area contributed by atoms with E-state index in [-0.39, 0.29) is 6.54 Å². The lowest BCUT2D eigenvalue weighted by atomic mass is 10.4. The molecule has 1 rings (SSSR count). The zero-order chi connectivity index (χ0) is 8.54. The predicted octanol–water partition coefficient (Wildman–Crippen LogP) is -0.583. The van der Waals surface area contributed by atoms with Gasteiger partial charge < -0.3 is 5.73 Å². The normalized spacial score (nSPS) is 21.6. The molecule has 0 saturated heterocycles. The molecule has 1 aliphatic rings. The highest BCUT2D eigenvalue weighted by Gasteiger charge is 2.52. The van der Waals surface area contributed by atoms with Gasteiger partial charge in [0, 0.05) is 13.1 Å². The fraction of sp³-hybridized carbons (Fsp3) is 1.00. The van der Waals surface area contributed by atoms with Crippen molar-refractivity contribution >= 4 is 10.0 Å². The number of nitrogens with one attached hydrogen (secondary N) is 1. The maximum Gasteiger partial charge on any atom is 0.218 e. The first kappa shape index (κ1) is 8.96. The molecule has 0 amide bonds. The van der Waals surface area contributed by atoms with Crippen LogP contribution in [0.4, 0.5) is 0 Å². The molecule has 5 heteroatoms. The minimum Gasteiger partial charge on any atom is -0.329 e. The third-order valence-electron chi connectivity index (χ3n) is 2.08. The van der Waals surface area contributed by atoms with Crippen LogP contribution >= 0.6 is 0 Å². The molecule has 0 aliphatic heterocycles. The Morgan fingerprint density at radius 1 is 1.55 bits per heavy atom. The summed E-state index contributed by atoms with van der Waals surface area (Å²) in [6, 6.07) is 0. The van der Waals surface area contributed by atoms with E-state index in [1.165, 1.54) is 0 Å². The Morgan fingerprint density at radius 3 is 2.36 bits per heavy atom. The van der Waals surface area contributed by atoms with E-state index in [4.69, 9.17) is 5.73 Å². The van der Waals surface area contributed by atoms with E-state index in [1.807, 2.05) is 0 Å². The van der Waals surface area contributed by atoms with Gasteiger partial charge in [0.15, 0.2) is 0 Å². The van der Waals surface area contributed by atoms with Gasteiger partial charge in [-0.2, -0.15) is 0 Å². The van der Waals surface area contributed by atoms with Crippen LogP contribution in [-0.4, -0.2) is 26.3 Å². The lowest BCUT2D eigenvalue weighted by molar-refractivity contribution is 0.564. The van der Waals surface area contributed by atoms with Crippen molar-refractivity contribution in [3.8, 4) is 0 Å². The summed E-state index contributed by atoms with van der Waals surface area (Å²) in [7, 11) is -3.12. The van der Waals surface area contributed by atoms with Crippen molar-refractivity contribution in [3.05, 3.63) is 0 Å². The molecule has 1 saturated carbocycles. The highest BCUT2D eigenvalue weighted by atomic mass is 32.2. The molecule has 0 spiro atoms. The fourth-order valence-electron chi connectivity index (χ4n) is 1.07. The van der Waals surface area contributed by atoms with Crippen molar-refractivity contribution in [3.63, 3.8) is 0 Å². The van der Waals surface area contributed by atoms with E-state index >= 15 is 0 Å². The van der Waals surface area contributed by atoms with E-state index in [0.29, 0.717) is 19.4 Å². The van der Waals surface area contributed by atoms with Gasteiger partial charge in [-0.05, 0) is 12.8 Å². The fourth-order valence-corrected chi connectivity index (χ4v) is 2.61. The molecular weight excluding hydrogens is 164 g/mol. The van der Waals surface area contributed by atoms with Crippen molar-refractivity contribution in [2.24, 2.45) is 5.73 Å². The Kier molecular flexibility index (Phi) is 2.22. The van der Waals surface area contributed by atoms with Crippen LogP contribution in [0.3, 0.4) is 0 Å². The van der Waals surface area contributed by atoms with Gasteiger partial charge in [0.05, 0.1) is 4.75 Å². The first-order chi connectivity index (χ1) is 5.08. The van der Waals surface area contributed by atoms with Gasteiger partial charge in [-0.15, -0.1) is 0 Å². The first-order valence-corrected chi connectivity index (χ1v) is 5.25. The molecule has 4 nitrogen and oxygen atoms in total. The third-order valence-corrected chi connectivity index (χ3v) is 4.47.